The van der Waals surface area contributed by atoms with Gasteiger partial charge < -0.3 is 9.88 Å². The summed E-state index contributed by atoms with van der Waals surface area (Å²) in [5.41, 5.74) is 0. The Labute approximate surface area is 105 Å². The van der Waals surface area contributed by atoms with Gasteiger partial charge in [0.15, 0.2) is 0 Å². The molecule has 1 aromatic heterocycles. The minimum atomic E-state index is 0.443. The molecule has 0 bridgehead atoms. The van der Waals surface area contributed by atoms with E-state index >= 15 is 0 Å². The van der Waals surface area contributed by atoms with Crippen LogP contribution < -0.4 is 5.32 Å². The molecule has 1 aliphatic rings. The summed E-state index contributed by atoms with van der Waals surface area (Å²) in [6.45, 7) is 3.31. The van der Waals surface area contributed by atoms with E-state index in [1.807, 2.05) is 12.4 Å². The zero-order chi connectivity index (χ0) is 12.1. The largest absolute Gasteiger partial charge is 0.337 e. The van der Waals surface area contributed by atoms with Crippen LogP contribution in [-0.2, 0) is 7.05 Å². The molecule has 2 rings (SSSR count). The van der Waals surface area contributed by atoms with Gasteiger partial charge in [-0.05, 0) is 25.3 Å². The van der Waals surface area contributed by atoms with Crippen LogP contribution in [-0.4, -0.2) is 16.1 Å². The summed E-state index contributed by atoms with van der Waals surface area (Å²) in [7, 11) is 2.09. The highest BCUT2D eigenvalue weighted by Gasteiger charge is 2.22. The molecule has 0 aliphatic heterocycles. The number of nitrogens with zero attached hydrogens (tertiary/aromatic N) is 2. The molecular formula is C14H25N3. The predicted molar refractivity (Wildman–Crippen MR) is 70.8 cm³/mol. The molecule has 1 unspecified atom stereocenters. The molecule has 1 heterocycles. The lowest BCUT2D eigenvalue weighted by molar-refractivity contribution is 0.377. The number of imidazole rings is 1. The van der Waals surface area contributed by atoms with E-state index in [0.29, 0.717) is 6.04 Å². The average molecular weight is 235 g/mol. The molecule has 96 valence electrons. The van der Waals surface area contributed by atoms with Gasteiger partial charge in [-0.1, -0.05) is 32.6 Å². The summed E-state index contributed by atoms with van der Waals surface area (Å²) in [4.78, 5) is 4.51. The molecule has 1 fully saturated rings. The first kappa shape index (κ1) is 12.6. The zero-order valence-electron chi connectivity index (χ0n) is 11.2. The highest BCUT2D eigenvalue weighted by Crippen LogP contribution is 2.32. The summed E-state index contributed by atoms with van der Waals surface area (Å²) in [6, 6.07) is 0.443. The van der Waals surface area contributed by atoms with E-state index in [4.69, 9.17) is 0 Å². The third kappa shape index (κ3) is 3.32. The lowest BCUT2D eigenvalue weighted by Gasteiger charge is -2.21. The van der Waals surface area contributed by atoms with E-state index in [9.17, 15) is 0 Å². The van der Waals surface area contributed by atoms with Gasteiger partial charge in [0.1, 0.15) is 5.82 Å². The fourth-order valence-electron chi connectivity index (χ4n) is 2.89. The van der Waals surface area contributed by atoms with Crippen molar-refractivity contribution in [3.63, 3.8) is 0 Å². The summed E-state index contributed by atoms with van der Waals surface area (Å²) in [6.07, 6.45) is 12.1. The van der Waals surface area contributed by atoms with Crippen molar-refractivity contribution in [3.05, 3.63) is 18.2 Å². The molecule has 0 amide bonds. The minimum absolute atomic E-state index is 0.443. The standard InChI is InChI=1S/C14H25N3/c1-3-8-15-13(11-12-6-4-5-7-12)14-16-9-10-17(14)2/h9-10,12-13,15H,3-8,11H2,1-2H3. The van der Waals surface area contributed by atoms with Crippen molar-refractivity contribution in [1.82, 2.24) is 14.9 Å². The van der Waals surface area contributed by atoms with Gasteiger partial charge in [0.25, 0.3) is 0 Å². The summed E-state index contributed by atoms with van der Waals surface area (Å²) < 4.78 is 2.16. The second kappa shape index (κ2) is 6.20. The average Bonchev–Trinajstić information content (AvgIpc) is 2.95. The van der Waals surface area contributed by atoms with Crippen molar-refractivity contribution >= 4 is 0 Å². The smallest absolute Gasteiger partial charge is 0.125 e. The van der Waals surface area contributed by atoms with Crippen LogP contribution in [0.2, 0.25) is 0 Å². The van der Waals surface area contributed by atoms with Crippen LogP contribution in [0, 0.1) is 5.92 Å². The highest BCUT2D eigenvalue weighted by molar-refractivity contribution is 4.99. The van der Waals surface area contributed by atoms with E-state index in [1.54, 1.807) is 0 Å². The monoisotopic (exact) mass is 235 g/mol. The van der Waals surface area contributed by atoms with E-state index in [0.717, 1.165) is 12.5 Å². The van der Waals surface area contributed by atoms with Gasteiger partial charge in [-0.25, -0.2) is 4.98 Å². The maximum absolute atomic E-state index is 4.51. The Kier molecular flexibility index (Phi) is 4.60. The fourth-order valence-corrected chi connectivity index (χ4v) is 2.89. The van der Waals surface area contributed by atoms with Crippen molar-refractivity contribution in [2.75, 3.05) is 6.54 Å². The van der Waals surface area contributed by atoms with Crippen molar-refractivity contribution in [1.29, 1.82) is 0 Å². The van der Waals surface area contributed by atoms with Crippen molar-refractivity contribution < 1.29 is 0 Å². The lowest BCUT2D eigenvalue weighted by atomic mass is 9.97. The molecule has 0 saturated heterocycles. The Morgan fingerprint density at radius 1 is 1.47 bits per heavy atom. The Morgan fingerprint density at radius 2 is 2.24 bits per heavy atom. The van der Waals surface area contributed by atoms with Crippen LogP contribution in [0.15, 0.2) is 12.4 Å². The van der Waals surface area contributed by atoms with Crippen LogP contribution in [0.3, 0.4) is 0 Å². The van der Waals surface area contributed by atoms with Crippen molar-refractivity contribution in [3.8, 4) is 0 Å². The van der Waals surface area contributed by atoms with E-state index in [1.165, 1.54) is 44.3 Å². The molecule has 1 saturated carbocycles. The third-order valence-electron chi connectivity index (χ3n) is 3.85. The molecule has 1 aromatic rings. The fraction of sp³-hybridized carbons (Fsp3) is 0.786. The molecule has 0 aromatic carbocycles. The summed E-state index contributed by atoms with van der Waals surface area (Å²) >= 11 is 0. The molecule has 3 heteroatoms. The predicted octanol–water partition coefficient (Wildman–Crippen LogP) is 3.04. The van der Waals surface area contributed by atoms with E-state index in [2.05, 4.69) is 28.8 Å². The van der Waals surface area contributed by atoms with Gasteiger partial charge in [-0.15, -0.1) is 0 Å². The van der Waals surface area contributed by atoms with Crippen LogP contribution in [0.4, 0.5) is 0 Å². The minimum Gasteiger partial charge on any atom is -0.337 e. The van der Waals surface area contributed by atoms with E-state index in [-0.39, 0.29) is 0 Å². The van der Waals surface area contributed by atoms with Crippen LogP contribution >= 0.6 is 0 Å². The summed E-state index contributed by atoms with van der Waals surface area (Å²) in [5, 5.41) is 3.66. The summed E-state index contributed by atoms with van der Waals surface area (Å²) in [5.74, 6) is 2.10. The first-order valence-corrected chi connectivity index (χ1v) is 7.02. The molecule has 3 nitrogen and oxygen atoms in total. The normalized spacial score (nSPS) is 18.7. The van der Waals surface area contributed by atoms with Gasteiger partial charge >= 0.3 is 0 Å². The number of hydrogen-bond donors (Lipinski definition) is 1. The number of rotatable bonds is 6. The number of aromatic nitrogens is 2. The van der Waals surface area contributed by atoms with Gasteiger partial charge in [0.2, 0.25) is 0 Å². The molecular weight excluding hydrogens is 210 g/mol. The molecule has 1 atom stereocenters. The number of nitrogens with one attached hydrogen (secondary N) is 1. The van der Waals surface area contributed by atoms with Crippen LogP contribution in [0.25, 0.3) is 0 Å². The second-order valence-corrected chi connectivity index (χ2v) is 5.29. The van der Waals surface area contributed by atoms with Gasteiger partial charge in [-0.3, -0.25) is 0 Å². The molecule has 0 radical (unpaired) electrons. The van der Waals surface area contributed by atoms with Crippen LogP contribution in [0.5, 0.6) is 0 Å². The van der Waals surface area contributed by atoms with E-state index < -0.39 is 0 Å². The Bertz CT molecular complexity index is 326. The number of aryl methyl sites for hydroxylation is 1. The molecule has 0 spiro atoms. The SMILES string of the molecule is CCCNC(CC1CCCC1)c1nccn1C. The second-order valence-electron chi connectivity index (χ2n) is 5.29. The lowest BCUT2D eigenvalue weighted by Crippen LogP contribution is -2.26. The Balaban J connectivity index is 1.99. The topological polar surface area (TPSA) is 29.9 Å². The maximum Gasteiger partial charge on any atom is 0.125 e. The molecule has 1 N–H and O–H groups in total. The first-order chi connectivity index (χ1) is 8.31. The molecule has 1 aliphatic carbocycles. The van der Waals surface area contributed by atoms with Gasteiger partial charge in [-0.2, -0.15) is 0 Å². The molecule has 17 heavy (non-hydrogen) atoms. The van der Waals surface area contributed by atoms with Crippen LogP contribution in [0.1, 0.15) is 57.3 Å². The Hall–Kier alpha value is -0.830. The highest BCUT2D eigenvalue weighted by atomic mass is 15.1. The quantitative estimate of drug-likeness (QED) is 0.821. The zero-order valence-corrected chi connectivity index (χ0v) is 11.2. The van der Waals surface area contributed by atoms with Crippen molar-refractivity contribution in [2.24, 2.45) is 13.0 Å². The maximum atomic E-state index is 4.51. The first-order valence-electron chi connectivity index (χ1n) is 7.02. The van der Waals surface area contributed by atoms with Gasteiger partial charge in [0, 0.05) is 19.4 Å². The van der Waals surface area contributed by atoms with Gasteiger partial charge in [0.05, 0.1) is 6.04 Å². The van der Waals surface area contributed by atoms with Crippen molar-refractivity contribution in [2.45, 2.75) is 51.5 Å². The number of hydrogen-bond acceptors (Lipinski definition) is 2. The Morgan fingerprint density at radius 3 is 2.82 bits per heavy atom. The third-order valence-corrected chi connectivity index (χ3v) is 3.85.